The second-order valence-electron chi connectivity index (χ2n) is 7.32. The van der Waals surface area contributed by atoms with E-state index in [4.69, 9.17) is 4.74 Å². The Balaban J connectivity index is 1.24. The number of methoxy groups -OCH3 is 1. The molecular weight excluding hydrogens is 368 g/mol. The van der Waals surface area contributed by atoms with E-state index < -0.39 is 0 Å². The lowest BCUT2D eigenvalue weighted by Crippen LogP contribution is -2.43. The number of hydrazine groups is 1. The van der Waals surface area contributed by atoms with Gasteiger partial charge in [0, 0.05) is 30.6 Å². The summed E-state index contributed by atoms with van der Waals surface area (Å²) < 4.78 is 7.22. The molecule has 1 aliphatic heterocycles. The van der Waals surface area contributed by atoms with Gasteiger partial charge in [0.1, 0.15) is 11.8 Å². The van der Waals surface area contributed by atoms with Gasteiger partial charge in [-0.15, -0.1) is 0 Å². The van der Waals surface area contributed by atoms with Crippen LogP contribution in [0.4, 0.5) is 0 Å². The van der Waals surface area contributed by atoms with E-state index in [2.05, 4.69) is 26.3 Å². The number of carbonyl (C=O) groups is 1. The number of amides is 1. The van der Waals surface area contributed by atoms with Gasteiger partial charge in [-0.2, -0.15) is 5.10 Å². The number of ether oxygens (including phenoxy) is 1. The Kier molecular flexibility index (Phi) is 5.73. The number of aryl methyl sites for hydroxylation is 2. The molecule has 2 atom stereocenters. The second kappa shape index (κ2) is 8.59. The number of carbonyl (C=O) groups excluding carboxylic acids is 1. The number of nitrogens with one attached hydrogen (secondary N) is 3. The molecule has 1 saturated heterocycles. The number of benzene rings is 1. The maximum absolute atomic E-state index is 12.5. The zero-order chi connectivity index (χ0) is 20.2. The molecule has 152 valence electrons. The first-order valence-electron chi connectivity index (χ1n) is 9.86. The molecule has 29 heavy (non-hydrogen) atoms. The van der Waals surface area contributed by atoms with Crippen molar-refractivity contribution in [2.75, 3.05) is 13.7 Å². The van der Waals surface area contributed by atoms with E-state index in [1.54, 1.807) is 11.6 Å². The molecule has 1 fully saturated rings. The topological polar surface area (TPSA) is 92.6 Å². The van der Waals surface area contributed by atoms with E-state index in [0.717, 1.165) is 41.1 Å². The maximum atomic E-state index is 12.5. The summed E-state index contributed by atoms with van der Waals surface area (Å²) >= 11 is 0. The fourth-order valence-electron chi connectivity index (χ4n) is 3.68. The lowest BCUT2D eigenvalue weighted by molar-refractivity contribution is -0.122. The van der Waals surface area contributed by atoms with Gasteiger partial charge in [-0.3, -0.25) is 4.79 Å². The fraction of sp³-hybridized carbons (Fsp3) is 0.381. The van der Waals surface area contributed by atoms with Crippen molar-refractivity contribution >= 4 is 11.6 Å². The summed E-state index contributed by atoms with van der Waals surface area (Å²) in [6.07, 6.45) is 6.22. The number of hydrogen-bond donors (Lipinski definition) is 3. The zero-order valence-electron chi connectivity index (χ0n) is 16.7. The largest absolute Gasteiger partial charge is 0.496 e. The highest BCUT2D eigenvalue weighted by Gasteiger charge is 2.31. The monoisotopic (exact) mass is 394 g/mol. The fourth-order valence-corrected chi connectivity index (χ4v) is 3.68. The number of aromatic nitrogens is 3. The van der Waals surface area contributed by atoms with Gasteiger partial charge in [0.15, 0.2) is 5.65 Å². The first kappa shape index (κ1) is 19.4. The van der Waals surface area contributed by atoms with Crippen molar-refractivity contribution in [3.05, 3.63) is 59.5 Å². The molecule has 1 aliphatic rings. The van der Waals surface area contributed by atoms with Crippen molar-refractivity contribution < 1.29 is 9.53 Å². The average Bonchev–Trinajstić information content (AvgIpc) is 3.36. The minimum atomic E-state index is -0.269. The van der Waals surface area contributed by atoms with E-state index in [1.807, 2.05) is 49.6 Å². The lowest BCUT2D eigenvalue weighted by atomic mass is 10.0. The molecule has 3 N–H and O–H groups in total. The molecule has 2 aromatic heterocycles. The summed E-state index contributed by atoms with van der Waals surface area (Å²) in [5.41, 5.74) is 10.3. The Morgan fingerprint density at radius 3 is 3.07 bits per heavy atom. The van der Waals surface area contributed by atoms with Gasteiger partial charge < -0.3 is 10.1 Å². The summed E-state index contributed by atoms with van der Waals surface area (Å²) in [6.45, 7) is 2.57. The first-order valence-corrected chi connectivity index (χ1v) is 9.86. The summed E-state index contributed by atoms with van der Waals surface area (Å²) in [4.78, 5) is 16.9. The van der Waals surface area contributed by atoms with Gasteiger partial charge in [0.25, 0.3) is 0 Å². The number of para-hydroxylation sites is 1. The van der Waals surface area contributed by atoms with Crippen LogP contribution in [-0.4, -0.2) is 40.2 Å². The second-order valence-corrected chi connectivity index (χ2v) is 7.32. The third-order valence-corrected chi connectivity index (χ3v) is 5.16. The quantitative estimate of drug-likeness (QED) is 0.529. The highest BCUT2D eigenvalue weighted by Crippen LogP contribution is 2.29. The van der Waals surface area contributed by atoms with Crippen molar-refractivity contribution in [1.29, 1.82) is 0 Å². The molecule has 0 spiro atoms. The standard InChI is InChI=1S/C21H26N6O2/c1-14-10-20-23-12-15(13-27(20)26-14)6-5-9-22-21(28)18-11-17(24-25-18)16-7-3-4-8-19(16)29-2/h3-4,7-8,10,12-13,17-18,24-25H,5-6,9,11H2,1-2H3,(H,22,28). The molecule has 1 amide bonds. The Bertz CT molecular complexity index is 1000. The number of hydrogen-bond acceptors (Lipinski definition) is 6. The predicted octanol–water partition coefficient (Wildman–Crippen LogP) is 1.70. The van der Waals surface area contributed by atoms with Crippen LogP contribution in [0.1, 0.15) is 35.7 Å². The van der Waals surface area contributed by atoms with Crippen LogP contribution in [0, 0.1) is 6.92 Å². The molecule has 4 rings (SSSR count). The summed E-state index contributed by atoms with van der Waals surface area (Å²) in [6, 6.07) is 9.59. The van der Waals surface area contributed by atoms with Crippen molar-refractivity contribution in [2.45, 2.75) is 38.3 Å². The van der Waals surface area contributed by atoms with E-state index >= 15 is 0 Å². The van der Waals surface area contributed by atoms with E-state index in [-0.39, 0.29) is 18.0 Å². The van der Waals surface area contributed by atoms with Gasteiger partial charge >= 0.3 is 0 Å². The van der Waals surface area contributed by atoms with E-state index in [0.29, 0.717) is 13.0 Å². The molecule has 8 nitrogen and oxygen atoms in total. The van der Waals surface area contributed by atoms with Crippen molar-refractivity contribution in [3.8, 4) is 5.75 Å². The Morgan fingerprint density at radius 2 is 2.21 bits per heavy atom. The third kappa shape index (κ3) is 4.38. The lowest BCUT2D eigenvalue weighted by Gasteiger charge is -2.14. The SMILES string of the molecule is COc1ccccc1C1CC(C(=O)NCCCc2cnc3cc(C)nn3c2)NN1. The molecule has 0 aliphatic carbocycles. The molecular formula is C21H26N6O2. The minimum Gasteiger partial charge on any atom is -0.496 e. The molecule has 2 unspecified atom stereocenters. The van der Waals surface area contributed by atoms with Crippen molar-refractivity contribution in [2.24, 2.45) is 0 Å². The molecule has 0 bridgehead atoms. The molecule has 0 radical (unpaired) electrons. The van der Waals surface area contributed by atoms with Crippen LogP contribution in [-0.2, 0) is 11.2 Å². The molecule has 8 heteroatoms. The number of fused-ring (bicyclic) bond motifs is 1. The van der Waals surface area contributed by atoms with E-state index in [1.165, 1.54) is 0 Å². The highest BCUT2D eigenvalue weighted by atomic mass is 16.5. The van der Waals surface area contributed by atoms with Gasteiger partial charge in [-0.25, -0.2) is 20.4 Å². The zero-order valence-corrected chi connectivity index (χ0v) is 16.7. The van der Waals surface area contributed by atoms with Crippen LogP contribution in [0.15, 0.2) is 42.7 Å². The average molecular weight is 394 g/mol. The van der Waals surface area contributed by atoms with Gasteiger partial charge in [0.2, 0.25) is 5.91 Å². The summed E-state index contributed by atoms with van der Waals surface area (Å²) in [7, 11) is 1.66. The highest BCUT2D eigenvalue weighted by molar-refractivity contribution is 5.82. The molecule has 3 aromatic rings. The van der Waals surface area contributed by atoms with Gasteiger partial charge in [-0.1, -0.05) is 18.2 Å². The van der Waals surface area contributed by atoms with Crippen LogP contribution >= 0.6 is 0 Å². The van der Waals surface area contributed by atoms with Crippen LogP contribution in [0.3, 0.4) is 0 Å². The smallest absolute Gasteiger partial charge is 0.238 e. The molecule has 3 heterocycles. The van der Waals surface area contributed by atoms with Crippen molar-refractivity contribution in [3.63, 3.8) is 0 Å². The summed E-state index contributed by atoms with van der Waals surface area (Å²) in [5, 5.41) is 7.41. The number of rotatable bonds is 7. The third-order valence-electron chi connectivity index (χ3n) is 5.16. The van der Waals surface area contributed by atoms with Crippen LogP contribution in [0.25, 0.3) is 5.65 Å². The molecule has 0 saturated carbocycles. The Hall–Kier alpha value is -2.97. The number of nitrogens with zero attached hydrogens (tertiary/aromatic N) is 3. The first-order chi connectivity index (χ1) is 14.1. The summed E-state index contributed by atoms with van der Waals surface area (Å²) in [5.74, 6) is 0.831. The van der Waals surface area contributed by atoms with Gasteiger partial charge in [0.05, 0.1) is 18.8 Å². The Morgan fingerprint density at radius 1 is 1.34 bits per heavy atom. The normalized spacial score (nSPS) is 18.8. The van der Waals surface area contributed by atoms with E-state index in [9.17, 15) is 4.79 Å². The van der Waals surface area contributed by atoms with Gasteiger partial charge in [-0.05, 0) is 37.8 Å². The van der Waals surface area contributed by atoms with Crippen LogP contribution in [0.5, 0.6) is 5.75 Å². The van der Waals surface area contributed by atoms with Crippen LogP contribution < -0.4 is 20.9 Å². The van der Waals surface area contributed by atoms with Crippen molar-refractivity contribution in [1.82, 2.24) is 30.8 Å². The minimum absolute atomic E-state index is 0.00572. The predicted molar refractivity (Wildman–Crippen MR) is 109 cm³/mol. The van der Waals surface area contributed by atoms with Crippen LogP contribution in [0.2, 0.25) is 0 Å². The molecule has 1 aromatic carbocycles. The Labute approximate surface area is 169 Å². The maximum Gasteiger partial charge on any atom is 0.238 e.